The fourth-order valence-corrected chi connectivity index (χ4v) is 3.30. The highest BCUT2D eigenvalue weighted by Crippen LogP contribution is 2.20. The van der Waals surface area contributed by atoms with E-state index in [0.717, 1.165) is 26.1 Å². The number of hydrogen-bond donors (Lipinski definition) is 2. The molecule has 8 heteroatoms. The van der Waals surface area contributed by atoms with E-state index in [4.69, 9.17) is 0 Å². The molecule has 1 aliphatic heterocycles. The highest BCUT2D eigenvalue weighted by atomic mass is 16.3. The van der Waals surface area contributed by atoms with Crippen molar-refractivity contribution in [2.75, 3.05) is 19.6 Å². The number of nitrogens with zero attached hydrogens (tertiary/aromatic N) is 5. The lowest BCUT2D eigenvalue weighted by molar-refractivity contribution is 0.0944. The van der Waals surface area contributed by atoms with Gasteiger partial charge in [0.1, 0.15) is 12.1 Å². The lowest BCUT2D eigenvalue weighted by atomic mass is 10.00. The average Bonchev–Trinajstić information content (AvgIpc) is 3.23. The molecule has 3 aromatic rings. The summed E-state index contributed by atoms with van der Waals surface area (Å²) in [6.45, 7) is 3.14. The van der Waals surface area contributed by atoms with E-state index in [-0.39, 0.29) is 17.2 Å². The molecule has 8 nitrogen and oxygen atoms in total. The molecule has 0 saturated heterocycles. The Morgan fingerprint density at radius 2 is 2.04 bits per heavy atom. The van der Waals surface area contributed by atoms with Gasteiger partial charge in [0.05, 0.1) is 11.3 Å². The Kier molecular flexibility index (Phi) is 4.80. The Labute approximate surface area is 156 Å². The van der Waals surface area contributed by atoms with Gasteiger partial charge < -0.3 is 10.4 Å². The lowest BCUT2D eigenvalue weighted by Gasteiger charge is -2.28. The molecule has 0 atom stereocenters. The van der Waals surface area contributed by atoms with Gasteiger partial charge in [-0.2, -0.15) is 0 Å². The summed E-state index contributed by atoms with van der Waals surface area (Å²) >= 11 is 0. The molecule has 0 fully saturated rings. The van der Waals surface area contributed by atoms with Crippen molar-refractivity contribution in [3.8, 4) is 11.4 Å². The summed E-state index contributed by atoms with van der Waals surface area (Å²) in [4.78, 5) is 14.8. The van der Waals surface area contributed by atoms with Gasteiger partial charge in [0.2, 0.25) is 0 Å². The van der Waals surface area contributed by atoms with Gasteiger partial charge >= 0.3 is 0 Å². The van der Waals surface area contributed by atoms with Gasteiger partial charge in [-0.15, -0.1) is 5.10 Å². The maximum Gasteiger partial charge on any atom is 0.255 e. The topological polar surface area (TPSA) is 96.2 Å². The number of nitrogens with one attached hydrogen (secondary N) is 1. The predicted octanol–water partition coefficient (Wildman–Crippen LogP) is 1.16. The molecular formula is C19H20N6O2. The van der Waals surface area contributed by atoms with Gasteiger partial charge in [-0.1, -0.05) is 24.3 Å². The molecule has 1 aromatic heterocycles. The summed E-state index contributed by atoms with van der Waals surface area (Å²) < 4.78 is 1.43. The number of tetrazole rings is 1. The number of rotatable bonds is 5. The minimum Gasteiger partial charge on any atom is -0.507 e. The number of aromatic hydroxyl groups is 1. The molecule has 2 heterocycles. The third-order valence-electron chi connectivity index (χ3n) is 4.76. The summed E-state index contributed by atoms with van der Waals surface area (Å²) in [5.41, 5.74) is 3.56. The van der Waals surface area contributed by atoms with E-state index in [1.165, 1.54) is 28.2 Å². The molecule has 27 heavy (non-hydrogen) atoms. The molecule has 4 rings (SSSR count). The molecular weight excluding hydrogens is 344 g/mol. The van der Waals surface area contributed by atoms with Crippen LogP contribution in [0, 0.1) is 0 Å². The van der Waals surface area contributed by atoms with Gasteiger partial charge in [-0.25, -0.2) is 4.68 Å². The molecule has 0 bridgehead atoms. The van der Waals surface area contributed by atoms with Gasteiger partial charge in [0, 0.05) is 26.2 Å². The first-order valence-electron chi connectivity index (χ1n) is 8.84. The second-order valence-corrected chi connectivity index (χ2v) is 6.51. The lowest BCUT2D eigenvalue weighted by Crippen LogP contribution is -2.37. The normalized spacial score (nSPS) is 13.9. The Morgan fingerprint density at radius 1 is 1.19 bits per heavy atom. The number of aromatic nitrogens is 4. The van der Waals surface area contributed by atoms with Crippen LogP contribution in [0.15, 0.2) is 48.8 Å². The zero-order valence-electron chi connectivity index (χ0n) is 14.7. The molecule has 0 saturated carbocycles. The minimum absolute atomic E-state index is 0.0729. The number of phenols is 1. The Balaban J connectivity index is 1.35. The van der Waals surface area contributed by atoms with Crippen LogP contribution in [-0.4, -0.2) is 55.8 Å². The van der Waals surface area contributed by atoms with Gasteiger partial charge in [0.15, 0.2) is 0 Å². The van der Waals surface area contributed by atoms with E-state index in [9.17, 15) is 9.90 Å². The number of carbonyl (C=O) groups is 1. The molecule has 2 N–H and O–H groups in total. The maximum absolute atomic E-state index is 12.5. The standard InChI is InChI=1S/C19H20N6O2/c26-18-6-5-16(25-13-21-22-23-25)11-17(18)19(27)20-8-10-24-9-7-14-3-1-2-4-15(14)12-24/h1-6,11,13,26H,7-10,12H2,(H,20,27). The number of amides is 1. The van der Waals surface area contributed by atoms with Gasteiger partial charge in [-0.05, 0) is 46.2 Å². The van der Waals surface area contributed by atoms with Crippen LogP contribution in [0.5, 0.6) is 5.75 Å². The third kappa shape index (κ3) is 3.80. The fraction of sp³-hybridized carbons (Fsp3) is 0.263. The van der Waals surface area contributed by atoms with Crippen LogP contribution in [0.2, 0.25) is 0 Å². The number of benzene rings is 2. The summed E-state index contributed by atoms with van der Waals surface area (Å²) in [6, 6.07) is 13.1. The van der Waals surface area contributed by atoms with Gasteiger partial charge in [-0.3, -0.25) is 9.69 Å². The molecule has 1 amide bonds. The van der Waals surface area contributed by atoms with Crippen molar-refractivity contribution in [1.82, 2.24) is 30.4 Å². The van der Waals surface area contributed by atoms with Crippen molar-refractivity contribution in [3.63, 3.8) is 0 Å². The smallest absolute Gasteiger partial charge is 0.255 e. The maximum atomic E-state index is 12.5. The van der Waals surface area contributed by atoms with E-state index in [1.54, 1.807) is 12.1 Å². The SMILES string of the molecule is O=C(NCCN1CCc2ccccc2C1)c1cc(-n2cnnn2)ccc1O. The summed E-state index contributed by atoms with van der Waals surface area (Å²) in [7, 11) is 0. The first-order chi connectivity index (χ1) is 13.2. The van der Waals surface area contributed by atoms with Crippen LogP contribution in [-0.2, 0) is 13.0 Å². The molecule has 0 spiro atoms. The third-order valence-corrected chi connectivity index (χ3v) is 4.76. The van der Waals surface area contributed by atoms with E-state index < -0.39 is 0 Å². The monoisotopic (exact) mass is 364 g/mol. The quantitative estimate of drug-likeness (QED) is 0.705. The van der Waals surface area contributed by atoms with Crippen molar-refractivity contribution in [2.24, 2.45) is 0 Å². The molecule has 0 aliphatic carbocycles. The van der Waals surface area contributed by atoms with Crippen molar-refractivity contribution < 1.29 is 9.90 Å². The van der Waals surface area contributed by atoms with Crippen LogP contribution in [0.3, 0.4) is 0 Å². The van der Waals surface area contributed by atoms with E-state index in [2.05, 4.69) is 50.0 Å². The highest BCUT2D eigenvalue weighted by molar-refractivity contribution is 5.97. The first kappa shape index (κ1) is 17.2. The number of fused-ring (bicyclic) bond motifs is 1. The molecule has 138 valence electrons. The van der Waals surface area contributed by atoms with Crippen LogP contribution < -0.4 is 5.32 Å². The van der Waals surface area contributed by atoms with Crippen molar-refractivity contribution >= 4 is 5.91 Å². The molecule has 2 aromatic carbocycles. The Hall–Kier alpha value is -3.26. The molecule has 0 radical (unpaired) electrons. The Bertz CT molecular complexity index is 941. The zero-order chi connectivity index (χ0) is 18.6. The summed E-state index contributed by atoms with van der Waals surface area (Å²) in [5.74, 6) is -0.393. The average molecular weight is 364 g/mol. The fourth-order valence-electron chi connectivity index (χ4n) is 3.30. The van der Waals surface area contributed by atoms with E-state index >= 15 is 0 Å². The summed E-state index contributed by atoms with van der Waals surface area (Å²) in [6.07, 6.45) is 2.46. The number of phenolic OH excluding ortho intramolecular Hbond substituents is 1. The molecule has 1 aliphatic rings. The van der Waals surface area contributed by atoms with Crippen molar-refractivity contribution in [2.45, 2.75) is 13.0 Å². The number of carbonyl (C=O) groups excluding carboxylic acids is 1. The largest absolute Gasteiger partial charge is 0.507 e. The van der Waals surface area contributed by atoms with Crippen LogP contribution in [0.25, 0.3) is 5.69 Å². The number of hydrogen-bond acceptors (Lipinski definition) is 6. The summed E-state index contributed by atoms with van der Waals surface area (Å²) in [5, 5.41) is 23.9. The van der Waals surface area contributed by atoms with Gasteiger partial charge in [0.25, 0.3) is 5.91 Å². The van der Waals surface area contributed by atoms with Crippen LogP contribution >= 0.6 is 0 Å². The van der Waals surface area contributed by atoms with E-state index in [1.807, 2.05) is 0 Å². The van der Waals surface area contributed by atoms with Crippen LogP contribution in [0.4, 0.5) is 0 Å². The zero-order valence-corrected chi connectivity index (χ0v) is 14.7. The second kappa shape index (κ2) is 7.55. The van der Waals surface area contributed by atoms with E-state index in [0.29, 0.717) is 12.2 Å². The predicted molar refractivity (Wildman–Crippen MR) is 98.6 cm³/mol. The van der Waals surface area contributed by atoms with Crippen LogP contribution in [0.1, 0.15) is 21.5 Å². The first-order valence-corrected chi connectivity index (χ1v) is 8.84. The van der Waals surface area contributed by atoms with Crippen molar-refractivity contribution in [3.05, 3.63) is 65.5 Å². The Morgan fingerprint density at radius 3 is 2.85 bits per heavy atom. The van der Waals surface area contributed by atoms with Crippen molar-refractivity contribution in [1.29, 1.82) is 0 Å². The molecule has 0 unspecified atom stereocenters. The second-order valence-electron chi connectivity index (χ2n) is 6.51. The highest BCUT2D eigenvalue weighted by Gasteiger charge is 2.17. The minimum atomic E-state index is -0.320.